The second kappa shape index (κ2) is 10.6. The topological polar surface area (TPSA) is 89.7 Å². The van der Waals surface area contributed by atoms with Gasteiger partial charge < -0.3 is 20.2 Å². The maximum absolute atomic E-state index is 12.8. The van der Waals surface area contributed by atoms with Crippen LogP contribution < -0.4 is 5.32 Å². The molecule has 2 atom stereocenters. The van der Waals surface area contributed by atoms with Crippen LogP contribution in [0, 0.1) is 5.92 Å². The number of benzene rings is 2. The molecule has 2 saturated heterocycles. The Morgan fingerprint density at radius 1 is 0.895 bits per heavy atom. The molecular formula is C31H36N6O. The number of carbonyl (C=O) groups excluding carboxylic acids is 1. The average molecular weight is 509 g/mol. The van der Waals surface area contributed by atoms with Gasteiger partial charge in [0.1, 0.15) is 11.6 Å². The van der Waals surface area contributed by atoms with Gasteiger partial charge in [-0.1, -0.05) is 50.2 Å². The molecule has 0 bridgehead atoms. The first-order valence-corrected chi connectivity index (χ1v) is 13.9. The van der Waals surface area contributed by atoms with Crippen LogP contribution in [0.3, 0.4) is 0 Å². The van der Waals surface area contributed by atoms with Crippen molar-refractivity contribution in [3.05, 3.63) is 72.6 Å². The van der Waals surface area contributed by atoms with Crippen LogP contribution in [0.4, 0.5) is 0 Å². The van der Waals surface area contributed by atoms with E-state index in [1.54, 1.807) is 0 Å². The first-order valence-electron chi connectivity index (χ1n) is 13.9. The minimum Gasteiger partial charge on any atom is -0.341 e. The van der Waals surface area contributed by atoms with Crippen molar-refractivity contribution in [1.29, 1.82) is 0 Å². The molecule has 2 fully saturated rings. The van der Waals surface area contributed by atoms with Crippen molar-refractivity contribution in [2.75, 3.05) is 13.1 Å². The number of nitrogens with zero attached hydrogens (tertiary/aromatic N) is 3. The Morgan fingerprint density at radius 3 is 2.16 bits per heavy atom. The normalized spacial score (nSPS) is 19.5. The third-order valence-electron chi connectivity index (χ3n) is 7.73. The van der Waals surface area contributed by atoms with Crippen molar-refractivity contribution < 1.29 is 4.79 Å². The number of amides is 1. The van der Waals surface area contributed by atoms with E-state index in [4.69, 9.17) is 4.98 Å². The summed E-state index contributed by atoms with van der Waals surface area (Å²) in [7, 11) is 0. The highest BCUT2D eigenvalue weighted by atomic mass is 16.2. The third-order valence-corrected chi connectivity index (χ3v) is 7.73. The van der Waals surface area contributed by atoms with Crippen LogP contribution in [-0.2, 0) is 4.79 Å². The van der Waals surface area contributed by atoms with Gasteiger partial charge in [-0.3, -0.25) is 4.79 Å². The number of hydrogen-bond donors (Lipinski definition) is 3. The van der Waals surface area contributed by atoms with E-state index in [1.165, 1.54) is 6.42 Å². The summed E-state index contributed by atoms with van der Waals surface area (Å²) in [6.07, 6.45) is 8.72. The van der Waals surface area contributed by atoms with Crippen LogP contribution >= 0.6 is 0 Å². The minimum atomic E-state index is 0.0357. The Balaban J connectivity index is 1.22. The molecule has 7 nitrogen and oxygen atoms in total. The highest BCUT2D eigenvalue weighted by Gasteiger charge is 2.32. The van der Waals surface area contributed by atoms with Gasteiger partial charge in [0, 0.05) is 24.1 Å². The number of imidazole rings is 2. The molecule has 0 aliphatic carbocycles. The van der Waals surface area contributed by atoms with E-state index in [0.29, 0.717) is 18.4 Å². The van der Waals surface area contributed by atoms with Gasteiger partial charge in [-0.2, -0.15) is 0 Å². The fourth-order valence-corrected chi connectivity index (χ4v) is 5.78. The maximum Gasteiger partial charge on any atom is 0.223 e. The van der Waals surface area contributed by atoms with Gasteiger partial charge in [-0.25, -0.2) is 9.97 Å². The van der Waals surface area contributed by atoms with E-state index in [0.717, 1.165) is 77.6 Å². The smallest absolute Gasteiger partial charge is 0.223 e. The van der Waals surface area contributed by atoms with Crippen molar-refractivity contribution >= 4 is 5.91 Å². The summed E-state index contributed by atoms with van der Waals surface area (Å²) in [5.41, 5.74) is 6.52. The second-order valence-electron chi connectivity index (χ2n) is 11.0. The molecule has 2 aromatic heterocycles. The molecule has 2 aliphatic rings. The zero-order chi connectivity index (χ0) is 26.1. The third kappa shape index (κ3) is 5.03. The predicted molar refractivity (Wildman–Crippen MR) is 150 cm³/mol. The summed E-state index contributed by atoms with van der Waals surface area (Å²) in [5, 5.41) is 3.51. The van der Waals surface area contributed by atoms with E-state index in [-0.39, 0.29) is 11.9 Å². The summed E-state index contributed by atoms with van der Waals surface area (Å²) >= 11 is 0. The van der Waals surface area contributed by atoms with Gasteiger partial charge >= 0.3 is 0 Å². The Hall–Kier alpha value is -3.71. The average Bonchev–Trinajstić information content (AvgIpc) is 3.75. The van der Waals surface area contributed by atoms with Crippen molar-refractivity contribution in [3.63, 3.8) is 0 Å². The molecule has 3 N–H and O–H groups in total. The zero-order valence-electron chi connectivity index (χ0n) is 22.2. The van der Waals surface area contributed by atoms with Gasteiger partial charge in [-0.05, 0) is 61.4 Å². The molecule has 0 spiro atoms. The standard InChI is InChI=1S/C31H36N6O/c1-20(2)15-29(38)37-14-6-12-28(37)31-34-19-27(36-31)24-10-4-8-22(17-24)21-7-3-9-23(16-21)26-18-33-30(35-26)25-11-5-13-32-25/h3-4,7-10,16-20,25,28,32H,5-6,11-15H2,1-2H3,(H,33,35)(H,34,36)/t25-,28-/m0/s1. The van der Waals surface area contributed by atoms with Crippen molar-refractivity contribution in [3.8, 4) is 33.6 Å². The van der Waals surface area contributed by atoms with Crippen LogP contribution in [0.15, 0.2) is 60.9 Å². The molecule has 4 heterocycles. The molecule has 0 saturated carbocycles. The van der Waals surface area contributed by atoms with Gasteiger partial charge in [0.25, 0.3) is 0 Å². The molecule has 196 valence electrons. The fourth-order valence-electron chi connectivity index (χ4n) is 5.78. The first-order chi connectivity index (χ1) is 18.5. The zero-order valence-corrected chi connectivity index (χ0v) is 22.2. The Bertz CT molecular complexity index is 1410. The highest BCUT2D eigenvalue weighted by Crippen LogP contribution is 2.34. The van der Waals surface area contributed by atoms with E-state index in [9.17, 15) is 4.79 Å². The van der Waals surface area contributed by atoms with Gasteiger partial charge in [0.15, 0.2) is 0 Å². The minimum absolute atomic E-state index is 0.0357. The van der Waals surface area contributed by atoms with Gasteiger partial charge in [0.2, 0.25) is 5.91 Å². The Kier molecular flexibility index (Phi) is 6.85. The SMILES string of the molecule is CC(C)CC(=O)N1CCC[C@H]1c1ncc(-c2cccc(-c3cccc(-c4cnc([C@@H]5CCCN5)[nH]4)c3)c2)[nH]1. The van der Waals surface area contributed by atoms with Crippen LogP contribution in [-0.4, -0.2) is 43.8 Å². The first kappa shape index (κ1) is 24.6. The summed E-state index contributed by atoms with van der Waals surface area (Å²) in [5.74, 6) is 2.49. The van der Waals surface area contributed by atoms with Crippen molar-refractivity contribution in [1.82, 2.24) is 30.2 Å². The molecule has 7 heteroatoms. The van der Waals surface area contributed by atoms with Crippen molar-refractivity contribution in [2.45, 2.75) is 58.0 Å². The fraction of sp³-hybridized carbons (Fsp3) is 0.387. The number of nitrogens with one attached hydrogen (secondary N) is 3. The van der Waals surface area contributed by atoms with Crippen LogP contribution in [0.2, 0.25) is 0 Å². The lowest BCUT2D eigenvalue weighted by molar-refractivity contribution is -0.133. The number of likely N-dealkylation sites (tertiary alicyclic amines) is 1. The summed E-state index contributed by atoms with van der Waals surface area (Å²) in [6.45, 7) is 6.06. The lowest BCUT2D eigenvalue weighted by Crippen LogP contribution is -2.31. The van der Waals surface area contributed by atoms with Crippen LogP contribution in [0.1, 0.15) is 69.7 Å². The second-order valence-corrected chi connectivity index (χ2v) is 11.0. The molecule has 2 aromatic carbocycles. The summed E-state index contributed by atoms with van der Waals surface area (Å²) in [6, 6.07) is 17.5. The molecular weight excluding hydrogens is 472 g/mol. The van der Waals surface area contributed by atoms with Crippen molar-refractivity contribution in [2.24, 2.45) is 5.92 Å². The van der Waals surface area contributed by atoms with E-state index in [1.807, 2.05) is 17.3 Å². The Morgan fingerprint density at radius 2 is 1.53 bits per heavy atom. The van der Waals surface area contributed by atoms with E-state index in [2.05, 4.69) is 82.6 Å². The molecule has 38 heavy (non-hydrogen) atoms. The molecule has 1 amide bonds. The molecule has 0 unspecified atom stereocenters. The van der Waals surface area contributed by atoms with Gasteiger partial charge in [0.05, 0.1) is 35.9 Å². The lowest BCUT2D eigenvalue weighted by atomic mass is 9.99. The molecule has 6 rings (SSSR count). The number of aromatic nitrogens is 4. The number of rotatable bonds is 7. The number of H-pyrrole nitrogens is 2. The lowest BCUT2D eigenvalue weighted by Gasteiger charge is -2.24. The molecule has 0 radical (unpaired) electrons. The Labute approximate surface area is 224 Å². The number of hydrogen-bond acceptors (Lipinski definition) is 4. The van der Waals surface area contributed by atoms with Crippen LogP contribution in [0.5, 0.6) is 0 Å². The maximum atomic E-state index is 12.8. The van der Waals surface area contributed by atoms with Gasteiger partial charge in [-0.15, -0.1) is 0 Å². The summed E-state index contributed by atoms with van der Waals surface area (Å²) in [4.78, 5) is 31.2. The van der Waals surface area contributed by atoms with E-state index >= 15 is 0 Å². The predicted octanol–water partition coefficient (Wildman–Crippen LogP) is 6.27. The number of aromatic amines is 2. The van der Waals surface area contributed by atoms with Crippen LogP contribution in [0.25, 0.3) is 33.6 Å². The van der Waals surface area contributed by atoms with E-state index < -0.39 is 0 Å². The monoisotopic (exact) mass is 508 g/mol. The quantitative estimate of drug-likeness (QED) is 0.275. The molecule has 2 aliphatic heterocycles. The molecule has 4 aromatic rings. The largest absolute Gasteiger partial charge is 0.341 e. The highest BCUT2D eigenvalue weighted by molar-refractivity contribution is 5.77. The summed E-state index contributed by atoms with van der Waals surface area (Å²) < 4.78 is 0. The number of carbonyl (C=O) groups is 1.